The molecule has 0 aliphatic carbocycles. The molecular formula is C21H18ClN7O2S2. The Morgan fingerprint density at radius 2 is 1.64 bits per heavy atom. The van der Waals surface area contributed by atoms with E-state index >= 15 is 0 Å². The molecule has 0 fully saturated rings. The number of aromatic nitrogens is 4. The highest BCUT2D eigenvalue weighted by atomic mass is 35.5. The number of benzene rings is 2. The Morgan fingerprint density at radius 3 is 2.33 bits per heavy atom. The summed E-state index contributed by atoms with van der Waals surface area (Å²) < 4.78 is 29.0. The van der Waals surface area contributed by atoms with Crippen LogP contribution in [0.15, 0.2) is 84.3 Å². The Morgan fingerprint density at radius 1 is 0.970 bits per heavy atom. The first-order valence-corrected chi connectivity index (χ1v) is 11.9. The van der Waals surface area contributed by atoms with Gasteiger partial charge in [0.2, 0.25) is 5.95 Å². The fourth-order valence-corrected chi connectivity index (χ4v) is 4.15. The van der Waals surface area contributed by atoms with Crippen LogP contribution in [0, 0.1) is 0 Å². The maximum atomic E-state index is 12.5. The number of nitrogens with one attached hydrogen (secondary N) is 3. The van der Waals surface area contributed by atoms with Crippen LogP contribution in [-0.4, -0.2) is 33.3 Å². The lowest BCUT2D eigenvalue weighted by molar-refractivity contribution is 0.601. The molecule has 12 heteroatoms. The summed E-state index contributed by atoms with van der Waals surface area (Å²) in [5.74, 6) is 0.00156. The summed E-state index contributed by atoms with van der Waals surface area (Å²) >= 11 is 11.3. The summed E-state index contributed by atoms with van der Waals surface area (Å²) in [6, 6.07) is 15.3. The number of anilines is 3. The summed E-state index contributed by atoms with van der Waals surface area (Å²) in [7, 11) is -3.80. The Bertz CT molecular complexity index is 1340. The standard InChI is InChI=1S/C21H18ClN7O2S2/c22-16-4-2-15(3-5-16)13-29-14-18(12-25-29)27-21(32)26-17-6-8-19(9-7-17)33(30,31)28-20-23-10-1-11-24-20/h1-12,14H,13H2,(H,23,24,28)(H2,26,27,32). The quantitative estimate of drug-likeness (QED) is 0.327. The molecule has 0 radical (unpaired) electrons. The fraction of sp³-hybridized carbons (Fsp3) is 0.0476. The topological polar surface area (TPSA) is 114 Å². The fourth-order valence-electron chi connectivity index (χ4n) is 2.83. The van der Waals surface area contributed by atoms with Gasteiger partial charge in [0.1, 0.15) is 0 Å². The largest absolute Gasteiger partial charge is 0.332 e. The van der Waals surface area contributed by atoms with Crippen molar-refractivity contribution < 1.29 is 8.42 Å². The number of thiocarbonyl (C=S) groups is 1. The van der Waals surface area contributed by atoms with Crippen molar-refractivity contribution >= 4 is 56.3 Å². The van der Waals surface area contributed by atoms with Crippen molar-refractivity contribution in [3.05, 3.63) is 90.0 Å². The van der Waals surface area contributed by atoms with E-state index in [1.54, 1.807) is 29.1 Å². The molecule has 0 saturated heterocycles. The third-order valence-corrected chi connectivity index (χ3v) is 6.16. The highest BCUT2D eigenvalue weighted by Gasteiger charge is 2.15. The predicted molar refractivity (Wildman–Crippen MR) is 132 cm³/mol. The van der Waals surface area contributed by atoms with Crippen LogP contribution in [0.5, 0.6) is 0 Å². The molecular weight excluding hydrogens is 482 g/mol. The Labute approximate surface area is 200 Å². The molecule has 0 bridgehead atoms. The van der Waals surface area contributed by atoms with E-state index in [-0.39, 0.29) is 10.8 Å². The lowest BCUT2D eigenvalue weighted by Gasteiger charge is -2.10. The second kappa shape index (κ2) is 9.94. The monoisotopic (exact) mass is 499 g/mol. The van der Waals surface area contributed by atoms with E-state index in [2.05, 4.69) is 30.4 Å². The molecule has 9 nitrogen and oxygen atoms in total. The first-order chi connectivity index (χ1) is 15.9. The maximum absolute atomic E-state index is 12.5. The molecule has 0 atom stereocenters. The van der Waals surface area contributed by atoms with E-state index < -0.39 is 10.0 Å². The molecule has 2 aromatic carbocycles. The minimum atomic E-state index is -3.80. The Kier molecular flexibility index (Phi) is 6.82. The highest BCUT2D eigenvalue weighted by Crippen LogP contribution is 2.17. The zero-order valence-corrected chi connectivity index (χ0v) is 19.4. The average molecular weight is 500 g/mol. The Balaban J connectivity index is 1.33. The molecule has 2 heterocycles. The van der Waals surface area contributed by atoms with Crippen LogP contribution in [0.25, 0.3) is 0 Å². The summed E-state index contributed by atoms with van der Waals surface area (Å²) in [6.45, 7) is 0.594. The molecule has 0 amide bonds. The lowest BCUT2D eigenvalue weighted by atomic mass is 10.2. The van der Waals surface area contributed by atoms with Gasteiger partial charge in [-0.25, -0.2) is 23.1 Å². The summed E-state index contributed by atoms with van der Waals surface area (Å²) in [5, 5.41) is 11.4. The van der Waals surface area contributed by atoms with Crippen LogP contribution >= 0.6 is 23.8 Å². The Hall–Kier alpha value is -3.54. The number of rotatable bonds is 7. The normalized spacial score (nSPS) is 11.1. The molecule has 3 N–H and O–H groups in total. The third-order valence-electron chi connectivity index (χ3n) is 4.36. The van der Waals surface area contributed by atoms with Gasteiger partial charge in [-0.3, -0.25) is 4.68 Å². The van der Waals surface area contributed by atoms with E-state index in [1.807, 2.05) is 30.5 Å². The van der Waals surface area contributed by atoms with Crippen molar-refractivity contribution in [1.82, 2.24) is 19.7 Å². The van der Waals surface area contributed by atoms with Crippen LogP contribution in [0.3, 0.4) is 0 Å². The lowest BCUT2D eigenvalue weighted by Crippen LogP contribution is -2.19. The van der Waals surface area contributed by atoms with Gasteiger partial charge in [-0.2, -0.15) is 5.10 Å². The third kappa shape index (κ3) is 6.25. The summed E-state index contributed by atoms with van der Waals surface area (Å²) in [5.41, 5.74) is 2.40. The summed E-state index contributed by atoms with van der Waals surface area (Å²) in [6.07, 6.45) is 6.40. The highest BCUT2D eigenvalue weighted by molar-refractivity contribution is 7.92. The van der Waals surface area contributed by atoms with Crippen molar-refractivity contribution in [2.75, 3.05) is 15.4 Å². The van der Waals surface area contributed by atoms with Gasteiger partial charge in [0.25, 0.3) is 10.0 Å². The SMILES string of the molecule is O=S(=O)(Nc1ncccn1)c1ccc(NC(=S)Nc2cnn(Cc3ccc(Cl)cc3)c2)cc1. The van der Waals surface area contributed by atoms with Crippen molar-refractivity contribution in [3.63, 3.8) is 0 Å². The van der Waals surface area contributed by atoms with E-state index in [9.17, 15) is 8.42 Å². The predicted octanol–water partition coefficient (Wildman–Crippen LogP) is 3.98. The van der Waals surface area contributed by atoms with Crippen molar-refractivity contribution in [2.24, 2.45) is 0 Å². The van der Waals surface area contributed by atoms with Crippen LogP contribution in [0.2, 0.25) is 5.02 Å². The van der Waals surface area contributed by atoms with Gasteiger partial charge < -0.3 is 10.6 Å². The molecule has 4 aromatic rings. The maximum Gasteiger partial charge on any atom is 0.264 e. The minimum Gasteiger partial charge on any atom is -0.332 e. The number of hydrogen-bond donors (Lipinski definition) is 3. The van der Waals surface area contributed by atoms with Crippen molar-refractivity contribution in [3.8, 4) is 0 Å². The van der Waals surface area contributed by atoms with E-state index in [1.165, 1.54) is 24.5 Å². The van der Waals surface area contributed by atoms with Crippen LogP contribution in [-0.2, 0) is 16.6 Å². The van der Waals surface area contributed by atoms with Crippen LogP contribution in [0.4, 0.5) is 17.3 Å². The smallest absolute Gasteiger partial charge is 0.264 e. The molecule has 0 spiro atoms. The van der Waals surface area contributed by atoms with Crippen molar-refractivity contribution in [1.29, 1.82) is 0 Å². The van der Waals surface area contributed by atoms with Gasteiger partial charge in [0, 0.05) is 29.3 Å². The number of sulfonamides is 1. The molecule has 0 aliphatic rings. The van der Waals surface area contributed by atoms with Gasteiger partial charge in [-0.1, -0.05) is 23.7 Å². The van der Waals surface area contributed by atoms with Crippen LogP contribution in [0.1, 0.15) is 5.56 Å². The van der Waals surface area contributed by atoms with Crippen LogP contribution < -0.4 is 15.4 Å². The summed E-state index contributed by atoms with van der Waals surface area (Å²) in [4.78, 5) is 7.80. The van der Waals surface area contributed by atoms with Gasteiger partial charge in [0.05, 0.1) is 23.3 Å². The zero-order chi connectivity index (χ0) is 23.3. The number of hydrogen-bond acceptors (Lipinski definition) is 6. The second-order valence-electron chi connectivity index (χ2n) is 6.83. The number of halogens is 1. The first kappa shape index (κ1) is 22.6. The molecule has 0 unspecified atom stereocenters. The molecule has 168 valence electrons. The van der Waals surface area contributed by atoms with E-state index in [0.29, 0.717) is 28.1 Å². The zero-order valence-electron chi connectivity index (χ0n) is 17.0. The minimum absolute atomic E-state index is 0.00156. The van der Waals surface area contributed by atoms with Gasteiger partial charge in [-0.15, -0.1) is 0 Å². The van der Waals surface area contributed by atoms with Gasteiger partial charge in [-0.05, 0) is 60.2 Å². The second-order valence-corrected chi connectivity index (χ2v) is 9.36. The molecule has 4 rings (SSSR count). The number of nitrogens with zero attached hydrogens (tertiary/aromatic N) is 4. The molecule has 2 aromatic heterocycles. The van der Waals surface area contributed by atoms with Gasteiger partial charge >= 0.3 is 0 Å². The van der Waals surface area contributed by atoms with E-state index in [0.717, 1.165) is 5.56 Å². The van der Waals surface area contributed by atoms with Gasteiger partial charge in [0.15, 0.2) is 5.11 Å². The first-order valence-electron chi connectivity index (χ1n) is 9.62. The molecule has 0 aliphatic heterocycles. The average Bonchev–Trinajstić information content (AvgIpc) is 3.22. The van der Waals surface area contributed by atoms with Crippen molar-refractivity contribution in [2.45, 2.75) is 11.4 Å². The molecule has 33 heavy (non-hydrogen) atoms. The van der Waals surface area contributed by atoms with E-state index in [4.69, 9.17) is 23.8 Å². The molecule has 0 saturated carbocycles.